The van der Waals surface area contributed by atoms with Crippen molar-refractivity contribution in [2.24, 2.45) is 0 Å². The molecule has 12 rings (SSSR count). The van der Waals surface area contributed by atoms with Crippen molar-refractivity contribution < 1.29 is 4.42 Å². The van der Waals surface area contributed by atoms with Gasteiger partial charge in [0.15, 0.2) is 23.1 Å². The van der Waals surface area contributed by atoms with Gasteiger partial charge in [0.25, 0.3) is 0 Å². The topological polar surface area (TPSA) is 56.7 Å². The van der Waals surface area contributed by atoms with Gasteiger partial charge in [-0.05, 0) is 74.8 Å². The molecule has 0 spiro atoms. The lowest BCUT2D eigenvalue weighted by Crippen LogP contribution is -2.00. The Balaban J connectivity index is 1.05. The number of fused-ring (bicyclic) bond motifs is 10. The lowest BCUT2D eigenvalue weighted by Gasteiger charge is -2.10. The van der Waals surface area contributed by atoms with Crippen LogP contribution in [0.2, 0.25) is 0 Å². The number of aromatic nitrogens is 4. The maximum atomic E-state index is 6.89. The van der Waals surface area contributed by atoms with Gasteiger partial charge in [-0.3, -0.25) is 0 Å². The van der Waals surface area contributed by atoms with Crippen molar-refractivity contribution in [2.45, 2.75) is 0 Å². The van der Waals surface area contributed by atoms with E-state index in [0.29, 0.717) is 17.5 Å². The summed E-state index contributed by atoms with van der Waals surface area (Å²) in [5.41, 5.74) is 7.61. The van der Waals surface area contributed by atoms with Gasteiger partial charge in [-0.2, -0.15) is 0 Å². The van der Waals surface area contributed by atoms with Gasteiger partial charge in [0.1, 0.15) is 5.58 Å². The van der Waals surface area contributed by atoms with Crippen molar-refractivity contribution in [3.8, 4) is 39.9 Å². The zero-order chi connectivity index (χ0) is 36.7. The number of rotatable bonds is 4. The molecule has 0 unspecified atom stereocenters. The highest BCUT2D eigenvalue weighted by atomic mass is 16.3. The average molecular weight is 715 g/mol. The van der Waals surface area contributed by atoms with Crippen LogP contribution in [0.15, 0.2) is 186 Å². The largest absolute Gasteiger partial charge is 0.454 e. The van der Waals surface area contributed by atoms with E-state index >= 15 is 0 Å². The summed E-state index contributed by atoms with van der Waals surface area (Å²) in [7, 11) is 0. The minimum absolute atomic E-state index is 0.586. The molecule has 3 aromatic heterocycles. The molecule has 0 bridgehead atoms. The quantitative estimate of drug-likeness (QED) is 0.182. The fourth-order valence-electron chi connectivity index (χ4n) is 8.52. The summed E-state index contributed by atoms with van der Waals surface area (Å²) in [6, 6.07) is 63.9. The minimum Gasteiger partial charge on any atom is -0.454 e. The Hall–Kier alpha value is -7.63. The lowest BCUT2D eigenvalue weighted by molar-refractivity contribution is 0.666. The Morgan fingerprint density at radius 1 is 0.357 bits per heavy atom. The van der Waals surface area contributed by atoms with E-state index in [9.17, 15) is 0 Å². The number of hydrogen-bond donors (Lipinski definition) is 0. The smallest absolute Gasteiger partial charge is 0.164 e. The predicted molar refractivity (Wildman–Crippen MR) is 230 cm³/mol. The number of nitrogens with zero attached hydrogens (tertiary/aromatic N) is 4. The molecule has 0 amide bonds. The molecular weight excluding hydrogens is 685 g/mol. The number of benzene rings is 9. The standard InChI is InChI=1S/C51H30N4O/c1-3-13-34-28-36(22-20-31(34)10-1)49-52-50(37-23-21-32-11-2-4-14-35(32)29-37)54-51(53-49)38-24-26-40-41-17-9-19-45(48(41)56-46(40)30-38)55-43-18-8-7-16-42(43)47-39-15-6-5-12-33(39)25-27-44(47)55/h1-30H. The second-order valence-electron chi connectivity index (χ2n) is 14.4. The summed E-state index contributed by atoms with van der Waals surface area (Å²) in [4.78, 5) is 15.3. The SMILES string of the molecule is c1ccc2cc(-c3nc(-c4ccc5ccccc5c4)nc(-c4ccc5c(c4)oc4c(-n6c7ccccc7c7c8ccccc8ccc76)cccc45)n3)ccc2c1. The zero-order valence-electron chi connectivity index (χ0n) is 30.0. The van der Waals surface area contributed by atoms with E-state index in [0.717, 1.165) is 66.1 Å². The van der Waals surface area contributed by atoms with Gasteiger partial charge in [-0.15, -0.1) is 0 Å². The van der Waals surface area contributed by atoms with E-state index in [-0.39, 0.29) is 0 Å². The van der Waals surface area contributed by atoms with Gasteiger partial charge in [0, 0.05) is 38.2 Å². The van der Waals surface area contributed by atoms with Crippen LogP contribution in [0.5, 0.6) is 0 Å². The Morgan fingerprint density at radius 3 is 1.59 bits per heavy atom. The Kier molecular flexibility index (Phi) is 6.56. The molecule has 260 valence electrons. The first-order valence-electron chi connectivity index (χ1n) is 18.8. The monoisotopic (exact) mass is 714 g/mol. The Morgan fingerprint density at radius 2 is 0.893 bits per heavy atom. The number of furan rings is 1. The Bertz CT molecular complexity index is 3460. The lowest BCUT2D eigenvalue weighted by atomic mass is 10.0. The second-order valence-corrected chi connectivity index (χ2v) is 14.4. The third-order valence-corrected chi connectivity index (χ3v) is 11.2. The molecule has 0 saturated heterocycles. The first-order valence-corrected chi connectivity index (χ1v) is 18.8. The first-order chi connectivity index (χ1) is 27.7. The molecule has 0 aliphatic rings. The molecule has 0 aliphatic carbocycles. The molecule has 5 nitrogen and oxygen atoms in total. The van der Waals surface area contributed by atoms with E-state index < -0.39 is 0 Å². The third-order valence-electron chi connectivity index (χ3n) is 11.2. The van der Waals surface area contributed by atoms with E-state index in [1.165, 1.54) is 32.3 Å². The highest BCUT2D eigenvalue weighted by Crippen LogP contribution is 2.41. The molecule has 0 saturated carbocycles. The van der Waals surface area contributed by atoms with E-state index in [4.69, 9.17) is 19.4 Å². The fraction of sp³-hybridized carbons (Fsp3) is 0. The summed E-state index contributed by atoms with van der Waals surface area (Å²) in [6.45, 7) is 0. The van der Waals surface area contributed by atoms with E-state index in [1.54, 1.807) is 0 Å². The highest BCUT2D eigenvalue weighted by molar-refractivity contribution is 6.22. The van der Waals surface area contributed by atoms with Crippen molar-refractivity contribution >= 4 is 76.1 Å². The summed E-state index contributed by atoms with van der Waals surface area (Å²) in [6.07, 6.45) is 0. The van der Waals surface area contributed by atoms with Gasteiger partial charge in [0.05, 0.1) is 16.7 Å². The van der Waals surface area contributed by atoms with Crippen LogP contribution in [-0.2, 0) is 0 Å². The molecule has 3 heterocycles. The van der Waals surface area contributed by atoms with Gasteiger partial charge >= 0.3 is 0 Å². The van der Waals surface area contributed by atoms with E-state index in [1.807, 2.05) is 0 Å². The zero-order valence-corrected chi connectivity index (χ0v) is 30.0. The van der Waals surface area contributed by atoms with Crippen molar-refractivity contribution in [1.82, 2.24) is 19.5 Å². The average Bonchev–Trinajstić information content (AvgIpc) is 3.82. The van der Waals surface area contributed by atoms with Crippen LogP contribution in [-0.4, -0.2) is 19.5 Å². The van der Waals surface area contributed by atoms with Crippen LogP contribution < -0.4 is 0 Å². The highest BCUT2D eigenvalue weighted by Gasteiger charge is 2.20. The molecule has 12 aromatic rings. The fourth-order valence-corrected chi connectivity index (χ4v) is 8.52. The Labute approximate surface area is 320 Å². The second kappa shape index (κ2) is 11.9. The normalized spacial score (nSPS) is 11.9. The number of para-hydroxylation sites is 2. The van der Waals surface area contributed by atoms with Crippen LogP contribution in [0.1, 0.15) is 0 Å². The summed E-state index contributed by atoms with van der Waals surface area (Å²) in [5, 5.41) is 11.6. The third kappa shape index (κ3) is 4.71. The van der Waals surface area contributed by atoms with Gasteiger partial charge in [-0.25, -0.2) is 15.0 Å². The van der Waals surface area contributed by atoms with Gasteiger partial charge in [-0.1, -0.05) is 140 Å². The summed E-state index contributed by atoms with van der Waals surface area (Å²) < 4.78 is 9.24. The molecule has 9 aromatic carbocycles. The van der Waals surface area contributed by atoms with E-state index in [2.05, 4.69) is 187 Å². The van der Waals surface area contributed by atoms with Gasteiger partial charge < -0.3 is 8.98 Å². The maximum absolute atomic E-state index is 6.89. The molecule has 0 fully saturated rings. The molecule has 0 aliphatic heterocycles. The van der Waals surface area contributed by atoms with Crippen molar-refractivity contribution in [1.29, 1.82) is 0 Å². The minimum atomic E-state index is 0.586. The molecule has 0 radical (unpaired) electrons. The molecule has 0 atom stereocenters. The van der Waals surface area contributed by atoms with Crippen molar-refractivity contribution in [3.63, 3.8) is 0 Å². The van der Waals surface area contributed by atoms with Crippen LogP contribution in [0, 0.1) is 0 Å². The molecule has 56 heavy (non-hydrogen) atoms. The van der Waals surface area contributed by atoms with Crippen LogP contribution in [0.3, 0.4) is 0 Å². The summed E-state index contributed by atoms with van der Waals surface area (Å²) in [5.74, 6) is 1.83. The first kappa shape index (κ1) is 30.8. The van der Waals surface area contributed by atoms with Gasteiger partial charge in [0.2, 0.25) is 0 Å². The molecule has 5 heteroatoms. The van der Waals surface area contributed by atoms with Crippen LogP contribution in [0.4, 0.5) is 0 Å². The predicted octanol–water partition coefficient (Wildman–Crippen LogP) is 13.3. The van der Waals surface area contributed by atoms with Crippen molar-refractivity contribution in [3.05, 3.63) is 182 Å². The summed E-state index contributed by atoms with van der Waals surface area (Å²) >= 11 is 0. The molecule has 0 N–H and O–H groups in total. The number of hydrogen-bond acceptors (Lipinski definition) is 4. The maximum Gasteiger partial charge on any atom is 0.164 e. The molecular formula is C51H30N4O. The van der Waals surface area contributed by atoms with Crippen molar-refractivity contribution in [2.75, 3.05) is 0 Å². The van der Waals surface area contributed by atoms with Crippen LogP contribution >= 0.6 is 0 Å². The van der Waals surface area contributed by atoms with Crippen LogP contribution in [0.25, 0.3) is 116 Å².